The largest absolute Gasteiger partial charge is 1.00 e. The van der Waals surface area contributed by atoms with E-state index in [1.807, 2.05) is 0 Å². The van der Waals surface area contributed by atoms with Crippen LogP contribution in [0, 0.1) is 0 Å². The van der Waals surface area contributed by atoms with Crippen molar-refractivity contribution in [3.63, 3.8) is 0 Å². The lowest BCUT2D eigenvalue weighted by molar-refractivity contribution is -0.655. The van der Waals surface area contributed by atoms with E-state index >= 15 is 0 Å². The fourth-order valence-corrected chi connectivity index (χ4v) is 3.01. The minimum Gasteiger partial charge on any atom is -1.00 e. The second kappa shape index (κ2) is 4.92. The quantitative estimate of drug-likeness (QED) is 0.578. The fourth-order valence-electron chi connectivity index (χ4n) is 2.74. The molecule has 4 heteroatoms. The molecule has 1 atom stereocenters. The van der Waals surface area contributed by atoms with Crippen LogP contribution in [0.3, 0.4) is 0 Å². The number of hydrogen-bond acceptors (Lipinski definition) is 1. The van der Waals surface area contributed by atoms with E-state index in [4.69, 9.17) is 16.3 Å². The summed E-state index contributed by atoms with van der Waals surface area (Å²) in [6.07, 6.45) is 1.14. The van der Waals surface area contributed by atoms with Crippen molar-refractivity contribution in [1.29, 1.82) is 0 Å². The molecule has 88 valence electrons. The molecular formula is C12H15Cl2NO. The molecule has 2 N–H and O–H groups in total. The minimum atomic E-state index is 0. The van der Waals surface area contributed by atoms with Crippen LogP contribution in [-0.4, -0.2) is 19.7 Å². The number of benzene rings is 1. The summed E-state index contributed by atoms with van der Waals surface area (Å²) in [4.78, 5) is 0. The Morgan fingerprint density at radius 1 is 1.31 bits per heavy atom. The Kier molecular flexibility index (Phi) is 3.75. The molecule has 0 saturated carbocycles. The minimum absolute atomic E-state index is 0. The molecule has 1 aromatic rings. The third-order valence-electron chi connectivity index (χ3n) is 3.37. The van der Waals surface area contributed by atoms with Gasteiger partial charge in [0.25, 0.3) is 0 Å². The number of hydrogen-bond donors (Lipinski definition) is 1. The fraction of sp³-hybridized carbons (Fsp3) is 0.500. The van der Waals surface area contributed by atoms with Gasteiger partial charge in [-0.15, -0.1) is 0 Å². The van der Waals surface area contributed by atoms with Crippen molar-refractivity contribution >= 4 is 11.6 Å². The molecule has 0 aliphatic carbocycles. The van der Waals surface area contributed by atoms with E-state index in [0.717, 1.165) is 31.2 Å². The molecule has 3 rings (SSSR count). The number of halogens is 2. The van der Waals surface area contributed by atoms with Gasteiger partial charge in [0.2, 0.25) is 0 Å². The van der Waals surface area contributed by atoms with Gasteiger partial charge in [0.15, 0.2) is 0 Å². The lowest BCUT2D eigenvalue weighted by Gasteiger charge is -2.25. The Bertz CT molecular complexity index is 395. The van der Waals surface area contributed by atoms with Crippen LogP contribution in [-0.2, 0) is 17.8 Å². The maximum atomic E-state index is 6.12. The lowest BCUT2D eigenvalue weighted by atomic mass is 9.88. The Balaban J connectivity index is 0.000000963. The van der Waals surface area contributed by atoms with Gasteiger partial charge in [0, 0.05) is 11.4 Å². The summed E-state index contributed by atoms with van der Waals surface area (Å²) >= 11 is 6.12. The SMILES string of the molecule is Clc1cc2c3c(c1)COCC3C[NH2+]CC2.[Cl-]. The first kappa shape index (κ1) is 12.2. The molecule has 0 saturated heterocycles. The number of ether oxygens (including phenoxy) is 1. The highest BCUT2D eigenvalue weighted by molar-refractivity contribution is 6.30. The lowest BCUT2D eigenvalue weighted by Crippen LogP contribution is -3.00. The zero-order valence-corrected chi connectivity index (χ0v) is 10.5. The van der Waals surface area contributed by atoms with E-state index in [-0.39, 0.29) is 12.4 Å². The van der Waals surface area contributed by atoms with Gasteiger partial charge in [-0.05, 0) is 28.8 Å². The molecule has 1 aromatic carbocycles. The smallest absolute Gasteiger partial charge is 0.0847 e. The summed E-state index contributed by atoms with van der Waals surface area (Å²) < 4.78 is 5.62. The van der Waals surface area contributed by atoms with Crippen LogP contribution in [0.4, 0.5) is 0 Å². The van der Waals surface area contributed by atoms with Crippen molar-refractivity contribution in [2.75, 3.05) is 19.7 Å². The van der Waals surface area contributed by atoms with Crippen molar-refractivity contribution < 1.29 is 22.5 Å². The van der Waals surface area contributed by atoms with Crippen molar-refractivity contribution in [2.24, 2.45) is 0 Å². The highest BCUT2D eigenvalue weighted by Crippen LogP contribution is 2.32. The van der Waals surface area contributed by atoms with Crippen molar-refractivity contribution in [3.05, 3.63) is 33.8 Å². The van der Waals surface area contributed by atoms with Gasteiger partial charge in [0.1, 0.15) is 0 Å². The van der Waals surface area contributed by atoms with Crippen molar-refractivity contribution in [1.82, 2.24) is 0 Å². The van der Waals surface area contributed by atoms with Gasteiger partial charge in [-0.25, -0.2) is 0 Å². The van der Waals surface area contributed by atoms with Crippen LogP contribution in [0.15, 0.2) is 12.1 Å². The van der Waals surface area contributed by atoms with Gasteiger partial charge in [0.05, 0.1) is 32.2 Å². The molecule has 0 spiro atoms. The maximum Gasteiger partial charge on any atom is 0.0847 e. The van der Waals surface area contributed by atoms with E-state index in [2.05, 4.69) is 17.4 Å². The van der Waals surface area contributed by atoms with Crippen LogP contribution in [0.25, 0.3) is 0 Å². The monoisotopic (exact) mass is 259 g/mol. The number of nitrogens with two attached hydrogens (primary N) is 1. The standard InChI is InChI=1S/C12H14ClNO.ClH/c13-11-3-8-1-2-14-5-10-7-15-6-9(4-11)12(8)10;/h3-4,10,14H,1-2,5-7H2;1H. The molecule has 2 nitrogen and oxygen atoms in total. The van der Waals surface area contributed by atoms with E-state index in [9.17, 15) is 0 Å². The molecule has 0 amide bonds. The van der Waals surface area contributed by atoms with E-state index in [1.54, 1.807) is 0 Å². The van der Waals surface area contributed by atoms with E-state index < -0.39 is 0 Å². The van der Waals surface area contributed by atoms with Crippen LogP contribution in [0.5, 0.6) is 0 Å². The molecule has 1 unspecified atom stereocenters. The Morgan fingerprint density at radius 2 is 2.12 bits per heavy atom. The molecular weight excluding hydrogens is 245 g/mol. The first-order valence-corrected chi connectivity index (χ1v) is 5.93. The average molecular weight is 260 g/mol. The average Bonchev–Trinajstić information content (AvgIpc) is 2.42. The number of quaternary nitrogens is 1. The zero-order valence-electron chi connectivity index (χ0n) is 9.01. The second-order valence-electron chi connectivity index (χ2n) is 4.41. The third kappa shape index (κ3) is 2.07. The first-order valence-electron chi connectivity index (χ1n) is 5.55. The third-order valence-corrected chi connectivity index (χ3v) is 3.59. The summed E-state index contributed by atoms with van der Waals surface area (Å²) in [7, 11) is 0. The summed E-state index contributed by atoms with van der Waals surface area (Å²) in [5.74, 6) is 0.573. The molecule has 0 aromatic heterocycles. The van der Waals surface area contributed by atoms with E-state index in [1.165, 1.54) is 23.2 Å². The molecule has 16 heavy (non-hydrogen) atoms. The topological polar surface area (TPSA) is 25.8 Å². The molecule has 0 radical (unpaired) electrons. The Labute approximate surface area is 107 Å². The molecule has 0 fully saturated rings. The Morgan fingerprint density at radius 3 is 3.00 bits per heavy atom. The van der Waals surface area contributed by atoms with Crippen molar-refractivity contribution in [2.45, 2.75) is 18.9 Å². The molecule has 2 aliphatic heterocycles. The highest BCUT2D eigenvalue weighted by Gasteiger charge is 2.27. The van der Waals surface area contributed by atoms with Gasteiger partial charge in [-0.3, -0.25) is 0 Å². The predicted octanol–water partition coefficient (Wildman–Crippen LogP) is -1.92. The molecule has 2 heterocycles. The second-order valence-corrected chi connectivity index (χ2v) is 4.85. The highest BCUT2D eigenvalue weighted by atomic mass is 35.5. The van der Waals surface area contributed by atoms with Crippen LogP contribution >= 0.6 is 11.6 Å². The van der Waals surface area contributed by atoms with Gasteiger partial charge >= 0.3 is 0 Å². The van der Waals surface area contributed by atoms with Gasteiger partial charge < -0.3 is 22.5 Å². The summed E-state index contributed by atoms with van der Waals surface area (Å²) in [5.41, 5.74) is 4.28. The summed E-state index contributed by atoms with van der Waals surface area (Å²) in [6.45, 7) is 3.93. The zero-order chi connectivity index (χ0) is 10.3. The van der Waals surface area contributed by atoms with Crippen LogP contribution < -0.4 is 17.7 Å². The molecule has 2 aliphatic rings. The van der Waals surface area contributed by atoms with Crippen LogP contribution in [0.2, 0.25) is 5.02 Å². The van der Waals surface area contributed by atoms with Gasteiger partial charge in [-0.2, -0.15) is 0 Å². The predicted molar refractivity (Wildman–Crippen MR) is 59.2 cm³/mol. The maximum absolute atomic E-state index is 6.12. The van der Waals surface area contributed by atoms with Crippen LogP contribution in [0.1, 0.15) is 22.6 Å². The van der Waals surface area contributed by atoms with Crippen molar-refractivity contribution in [3.8, 4) is 0 Å². The number of rotatable bonds is 0. The summed E-state index contributed by atoms with van der Waals surface area (Å²) in [5, 5.41) is 3.24. The Hall–Kier alpha value is -0.280. The molecule has 0 bridgehead atoms. The van der Waals surface area contributed by atoms with E-state index in [0.29, 0.717) is 5.92 Å². The van der Waals surface area contributed by atoms with Gasteiger partial charge in [-0.1, -0.05) is 11.6 Å². The first-order chi connectivity index (χ1) is 7.34. The normalized spacial score (nSPS) is 22.9. The summed E-state index contributed by atoms with van der Waals surface area (Å²) in [6, 6.07) is 4.20.